The molecule has 0 aliphatic carbocycles. The summed E-state index contributed by atoms with van der Waals surface area (Å²) in [4.78, 5) is 22.3. The van der Waals surface area contributed by atoms with E-state index in [1.54, 1.807) is 0 Å². The summed E-state index contributed by atoms with van der Waals surface area (Å²) in [7, 11) is 0. The van der Waals surface area contributed by atoms with Gasteiger partial charge in [-0.15, -0.1) is 0 Å². The lowest BCUT2D eigenvalue weighted by atomic mass is 10.0. The Kier molecular flexibility index (Phi) is 5.44. The molecule has 0 spiro atoms. The highest BCUT2D eigenvalue weighted by molar-refractivity contribution is 9.10. The smallest absolute Gasteiger partial charge is 0.270 e. The molecule has 1 rings (SSSR count). The summed E-state index contributed by atoms with van der Waals surface area (Å²) in [6.07, 6.45) is 0. The molecule has 0 heterocycles. The number of carbonyl (C=O) groups is 1. The van der Waals surface area contributed by atoms with Gasteiger partial charge in [-0.3, -0.25) is 14.9 Å². The Morgan fingerprint density at radius 3 is 2.63 bits per heavy atom. The number of amides is 1. The molecule has 7 heteroatoms. The van der Waals surface area contributed by atoms with Crippen molar-refractivity contribution in [2.45, 2.75) is 19.9 Å². The van der Waals surface area contributed by atoms with E-state index in [9.17, 15) is 14.9 Å². The van der Waals surface area contributed by atoms with Crippen molar-refractivity contribution in [1.29, 1.82) is 0 Å². The quantitative estimate of drug-likeness (QED) is 0.638. The molecule has 1 unspecified atom stereocenters. The number of nitro benzene ring substituents is 1. The third kappa shape index (κ3) is 4.00. The lowest BCUT2D eigenvalue weighted by Crippen LogP contribution is -2.43. The SMILES string of the molecule is CC(C)C(CN)NC(=O)c1cc([N+](=O)[O-])ccc1Br. The normalized spacial score (nSPS) is 12.3. The maximum absolute atomic E-state index is 12.1. The van der Waals surface area contributed by atoms with Crippen LogP contribution in [0, 0.1) is 16.0 Å². The minimum atomic E-state index is -0.536. The van der Waals surface area contributed by atoms with E-state index in [1.165, 1.54) is 18.2 Å². The first-order chi connectivity index (χ1) is 8.86. The summed E-state index contributed by atoms with van der Waals surface area (Å²) in [5.74, 6) is -0.189. The van der Waals surface area contributed by atoms with Crippen LogP contribution in [0.25, 0.3) is 0 Å². The molecular formula is C12H16BrN3O3. The maximum atomic E-state index is 12.1. The van der Waals surface area contributed by atoms with Gasteiger partial charge in [0, 0.05) is 29.2 Å². The molecule has 0 fully saturated rings. The first-order valence-corrected chi connectivity index (χ1v) is 6.61. The molecule has 1 atom stereocenters. The topological polar surface area (TPSA) is 98.3 Å². The zero-order chi connectivity index (χ0) is 14.6. The van der Waals surface area contributed by atoms with Crippen molar-refractivity contribution in [3.8, 4) is 0 Å². The third-order valence-electron chi connectivity index (χ3n) is 2.78. The predicted molar refractivity (Wildman–Crippen MR) is 75.9 cm³/mol. The minimum absolute atomic E-state index is 0.123. The van der Waals surface area contributed by atoms with E-state index in [0.717, 1.165) is 0 Å². The van der Waals surface area contributed by atoms with E-state index >= 15 is 0 Å². The summed E-state index contributed by atoms with van der Waals surface area (Å²) < 4.78 is 0.509. The van der Waals surface area contributed by atoms with Crippen LogP contribution in [0.3, 0.4) is 0 Å². The van der Waals surface area contributed by atoms with Crippen LogP contribution in [0.5, 0.6) is 0 Å². The standard InChI is InChI=1S/C12H16BrN3O3/c1-7(2)11(6-14)15-12(17)9-5-8(16(18)19)3-4-10(9)13/h3-5,7,11H,6,14H2,1-2H3,(H,15,17). The number of nitro groups is 1. The lowest BCUT2D eigenvalue weighted by Gasteiger charge is -2.20. The number of hydrogen-bond acceptors (Lipinski definition) is 4. The summed E-state index contributed by atoms with van der Waals surface area (Å²) in [5.41, 5.74) is 5.69. The monoisotopic (exact) mass is 329 g/mol. The highest BCUT2D eigenvalue weighted by atomic mass is 79.9. The zero-order valence-electron chi connectivity index (χ0n) is 10.7. The molecule has 0 saturated carbocycles. The van der Waals surface area contributed by atoms with Crippen LogP contribution in [0.15, 0.2) is 22.7 Å². The number of nitrogens with two attached hydrogens (primary N) is 1. The summed E-state index contributed by atoms with van der Waals surface area (Å²) in [6.45, 7) is 4.20. The van der Waals surface area contributed by atoms with E-state index in [4.69, 9.17) is 5.73 Å². The average molecular weight is 330 g/mol. The summed E-state index contributed by atoms with van der Waals surface area (Å²) in [6, 6.07) is 3.90. The first-order valence-electron chi connectivity index (χ1n) is 5.81. The Bertz CT molecular complexity index is 491. The van der Waals surface area contributed by atoms with Crippen molar-refractivity contribution in [2.24, 2.45) is 11.7 Å². The number of hydrogen-bond donors (Lipinski definition) is 2. The highest BCUT2D eigenvalue weighted by Crippen LogP contribution is 2.22. The van der Waals surface area contributed by atoms with Crippen molar-refractivity contribution in [3.63, 3.8) is 0 Å². The van der Waals surface area contributed by atoms with E-state index in [1.807, 2.05) is 13.8 Å². The molecule has 0 bridgehead atoms. The van der Waals surface area contributed by atoms with Crippen LogP contribution in [0.1, 0.15) is 24.2 Å². The van der Waals surface area contributed by atoms with Crippen LogP contribution in [-0.4, -0.2) is 23.4 Å². The summed E-state index contributed by atoms with van der Waals surface area (Å²) >= 11 is 3.21. The van der Waals surface area contributed by atoms with Crippen LogP contribution in [0.2, 0.25) is 0 Å². The highest BCUT2D eigenvalue weighted by Gasteiger charge is 2.19. The van der Waals surface area contributed by atoms with Gasteiger partial charge in [-0.25, -0.2) is 0 Å². The van der Waals surface area contributed by atoms with Gasteiger partial charge in [0.15, 0.2) is 0 Å². The maximum Gasteiger partial charge on any atom is 0.270 e. The van der Waals surface area contributed by atoms with Gasteiger partial charge >= 0.3 is 0 Å². The van der Waals surface area contributed by atoms with Gasteiger partial charge < -0.3 is 11.1 Å². The van der Waals surface area contributed by atoms with Gasteiger partial charge in [-0.2, -0.15) is 0 Å². The van der Waals surface area contributed by atoms with E-state index < -0.39 is 4.92 Å². The van der Waals surface area contributed by atoms with Crippen LogP contribution < -0.4 is 11.1 Å². The fourth-order valence-electron chi connectivity index (χ4n) is 1.54. The van der Waals surface area contributed by atoms with Gasteiger partial charge in [0.2, 0.25) is 0 Å². The zero-order valence-corrected chi connectivity index (χ0v) is 12.3. The molecule has 1 amide bonds. The number of halogens is 1. The van der Waals surface area contributed by atoms with Crippen molar-refractivity contribution in [2.75, 3.05) is 6.54 Å². The van der Waals surface area contributed by atoms with E-state index in [0.29, 0.717) is 11.0 Å². The minimum Gasteiger partial charge on any atom is -0.348 e. The Morgan fingerprint density at radius 2 is 2.16 bits per heavy atom. The number of non-ortho nitro benzene ring substituents is 1. The van der Waals surface area contributed by atoms with Crippen molar-refractivity contribution >= 4 is 27.5 Å². The molecule has 0 radical (unpaired) electrons. The number of nitrogens with one attached hydrogen (secondary N) is 1. The Hall–Kier alpha value is -1.47. The van der Waals surface area contributed by atoms with Gasteiger partial charge in [0.25, 0.3) is 11.6 Å². The largest absolute Gasteiger partial charge is 0.348 e. The second-order valence-electron chi connectivity index (χ2n) is 4.48. The van der Waals surface area contributed by atoms with Crippen molar-refractivity contribution in [1.82, 2.24) is 5.32 Å². The van der Waals surface area contributed by atoms with Gasteiger partial charge in [-0.05, 0) is 27.9 Å². The second kappa shape index (κ2) is 6.63. The molecule has 19 heavy (non-hydrogen) atoms. The predicted octanol–water partition coefficient (Wildman–Crippen LogP) is 2.07. The van der Waals surface area contributed by atoms with Gasteiger partial charge in [0.05, 0.1) is 10.5 Å². The fraction of sp³-hybridized carbons (Fsp3) is 0.417. The fourth-order valence-corrected chi connectivity index (χ4v) is 1.97. The van der Waals surface area contributed by atoms with Crippen LogP contribution in [0.4, 0.5) is 5.69 Å². The number of benzene rings is 1. The molecule has 0 saturated heterocycles. The van der Waals surface area contributed by atoms with Crippen molar-refractivity contribution in [3.05, 3.63) is 38.3 Å². The molecule has 0 aromatic heterocycles. The van der Waals surface area contributed by atoms with Gasteiger partial charge in [0.1, 0.15) is 0 Å². The van der Waals surface area contributed by atoms with Crippen LogP contribution >= 0.6 is 15.9 Å². The molecule has 0 aliphatic heterocycles. The number of rotatable bonds is 5. The van der Waals surface area contributed by atoms with E-state index in [-0.39, 0.29) is 29.1 Å². The Balaban J connectivity index is 2.99. The molecule has 104 valence electrons. The molecule has 1 aromatic carbocycles. The van der Waals surface area contributed by atoms with Crippen LogP contribution in [-0.2, 0) is 0 Å². The first kappa shape index (κ1) is 15.6. The number of nitrogens with zero attached hydrogens (tertiary/aromatic N) is 1. The third-order valence-corrected chi connectivity index (χ3v) is 3.47. The summed E-state index contributed by atoms with van der Waals surface area (Å²) in [5, 5.41) is 13.5. The molecular weight excluding hydrogens is 314 g/mol. The molecule has 3 N–H and O–H groups in total. The van der Waals surface area contributed by atoms with Crippen molar-refractivity contribution < 1.29 is 9.72 Å². The average Bonchev–Trinajstić information content (AvgIpc) is 2.35. The second-order valence-corrected chi connectivity index (χ2v) is 5.34. The Labute approximate surface area is 119 Å². The molecule has 0 aliphatic rings. The van der Waals surface area contributed by atoms with Gasteiger partial charge in [-0.1, -0.05) is 13.8 Å². The van der Waals surface area contributed by atoms with E-state index in [2.05, 4.69) is 21.2 Å². The Morgan fingerprint density at radius 1 is 1.53 bits per heavy atom. The molecule has 1 aromatic rings. The lowest BCUT2D eigenvalue weighted by molar-refractivity contribution is -0.384. The molecule has 6 nitrogen and oxygen atoms in total. The number of carbonyl (C=O) groups excluding carboxylic acids is 1.